The van der Waals surface area contributed by atoms with E-state index >= 15 is 0 Å². The third kappa shape index (κ3) is 2.83. The minimum Gasteiger partial charge on any atom is -0.304 e. The summed E-state index contributed by atoms with van der Waals surface area (Å²) >= 11 is 5.82. The summed E-state index contributed by atoms with van der Waals surface area (Å²) in [4.78, 5) is 26.1. The van der Waals surface area contributed by atoms with E-state index in [2.05, 4.69) is 0 Å². The molecular formula is C17H14ClNO2. The van der Waals surface area contributed by atoms with Crippen LogP contribution in [0, 0.1) is 0 Å². The Morgan fingerprint density at radius 1 is 1.05 bits per heavy atom. The monoisotopic (exact) mass is 299 g/mol. The van der Waals surface area contributed by atoms with Crippen molar-refractivity contribution < 1.29 is 9.59 Å². The highest BCUT2D eigenvalue weighted by atomic mass is 35.5. The number of carbonyl (C=O) groups is 2. The number of nitrogens with zero attached hydrogens (tertiary/aromatic N) is 1. The summed E-state index contributed by atoms with van der Waals surface area (Å²) in [5, 5.41) is 0.589. The molecule has 1 aliphatic rings. The maximum atomic E-state index is 12.3. The summed E-state index contributed by atoms with van der Waals surface area (Å²) in [7, 11) is 0. The fourth-order valence-electron chi connectivity index (χ4n) is 2.54. The summed E-state index contributed by atoms with van der Waals surface area (Å²) in [6.45, 7) is 0.0669. The average Bonchev–Trinajstić information content (AvgIpc) is 2.51. The fourth-order valence-corrected chi connectivity index (χ4v) is 2.67. The minimum atomic E-state index is -0.0864. The third-order valence-corrected chi connectivity index (χ3v) is 3.91. The number of aryl methyl sites for hydroxylation is 1. The first kappa shape index (κ1) is 13.8. The van der Waals surface area contributed by atoms with Crippen LogP contribution in [-0.2, 0) is 11.2 Å². The summed E-state index contributed by atoms with van der Waals surface area (Å²) in [5.41, 5.74) is 2.52. The van der Waals surface area contributed by atoms with Gasteiger partial charge in [-0.15, -0.1) is 0 Å². The van der Waals surface area contributed by atoms with Crippen molar-refractivity contribution in [2.24, 2.45) is 0 Å². The Kier molecular flexibility index (Phi) is 3.76. The molecule has 21 heavy (non-hydrogen) atoms. The summed E-state index contributed by atoms with van der Waals surface area (Å²) in [5.74, 6) is -0.0901. The molecule has 0 bridgehead atoms. The zero-order chi connectivity index (χ0) is 14.8. The van der Waals surface area contributed by atoms with Crippen LogP contribution in [0.2, 0.25) is 5.02 Å². The Morgan fingerprint density at radius 2 is 1.76 bits per heavy atom. The molecule has 0 spiro atoms. The topological polar surface area (TPSA) is 37.4 Å². The summed E-state index contributed by atoms with van der Waals surface area (Å²) < 4.78 is 0. The standard InChI is InChI=1S/C17H14ClNO2/c18-14-8-5-13(6-9-14)16(20)11-19-15-4-2-1-3-12(15)7-10-17(19)21/h1-6,8-9H,7,10-11H2. The molecule has 1 amide bonds. The van der Waals surface area contributed by atoms with Crippen LogP contribution in [0.15, 0.2) is 48.5 Å². The van der Waals surface area contributed by atoms with Gasteiger partial charge >= 0.3 is 0 Å². The third-order valence-electron chi connectivity index (χ3n) is 3.66. The molecule has 0 saturated carbocycles. The number of rotatable bonds is 3. The molecule has 3 nitrogen and oxygen atoms in total. The highest BCUT2D eigenvalue weighted by Gasteiger charge is 2.25. The number of hydrogen-bond acceptors (Lipinski definition) is 2. The van der Waals surface area contributed by atoms with Gasteiger partial charge in [0.2, 0.25) is 5.91 Å². The Hall–Kier alpha value is -2.13. The van der Waals surface area contributed by atoms with Gasteiger partial charge in [0.1, 0.15) is 0 Å². The molecule has 3 rings (SSSR count). The first-order valence-corrected chi connectivity index (χ1v) is 7.20. The van der Waals surface area contributed by atoms with Gasteiger partial charge in [0.15, 0.2) is 5.78 Å². The van der Waals surface area contributed by atoms with Crippen LogP contribution in [-0.4, -0.2) is 18.2 Å². The molecule has 0 saturated heterocycles. The lowest BCUT2D eigenvalue weighted by Crippen LogP contribution is -2.39. The van der Waals surface area contributed by atoms with Crippen LogP contribution in [0.25, 0.3) is 0 Å². The van der Waals surface area contributed by atoms with Crippen LogP contribution in [0.5, 0.6) is 0 Å². The van der Waals surface area contributed by atoms with E-state index in [1.807, 2.05) is 24.3 Å². The smallest absolute Gasteiger partial charge is 0.227 e. The number of Topliss-reactive ketones (excluding diaryl/α,β-unsaturated/α-hetero) is 1. The molecule has 2 aromatic rings. The molecule has 0 N–H and O–H groups in total. The fraction of sp³-hybridized carbons (Fsp3) is 0.176. The van der Waals surface area contributed by atoms with Crippen molar-refractivity contribution >= 4 is 29.0 Å². The van der Waals surface area contributed by atoms with E-state index in [1.165, 1.54) is 0 Å². The SMILES string of the molecule is O=C(CN1C(=O)CCc2ccccc21)c1ccc(Cl)cc1. The van der Waals surface area contributed by atoms with Gasteiger partial charge in [0.05, 0.1) is 6.54 Å². The Bertz CT molecular complexity index is 694. The number of fused-ring (bicyclic) bond motifs is 1. The van der Waals surface area contributed by atoms with Gasteiger partial charge in [-0.25, -0.2) is 0 Å². The van der Waals surface area contributed by atoms with E-state index in [9.17, 15) is 9.59 Å². The van der Waals surface area contributed by atoms with E-state index in [0.29, 0.717) is 17.0 Å². The van der Waals surface area contributed by atoms with E-state index in [1.54, 1.807) is 29.2 Å². The Morgan fingerprint density at radius 3 is 2.52 bits per heavy atom. The zero-order valence-corrected chi connectivity index (χ0v) is 12.1. The van der Waals surface area contributed by atoms with Crippen molar-refractivity contribution in [2.75, 3.05) is 11.4 Å². The van der Waals surface area contributed by atoms with Crippen LogP contribution in [0.4, 0.5) is 5.69 Å². The predicted molar refractivity (Wildman–Crippen MR) is 82.9 cm³/mol. The summed E-state index contributed by atoms with van der Waals surface area (Å²) in [6.07, 6.45) is 1.19. The second-order valence-corrected chi connectivity index (χ2v) is 5.48. The molecule has 2 aromatic carbocycles. The lowest BCUT2D eigenvalue weighted by molar-refractivity contribution is -0.118. The van der Waals surface area contributed by atoms with Crippen molar-refractivity contribution in [2.45, 2.75) is 12.8 Å². The number of halogens is 1. The van der Waals surface area contributed by atoms with Crippen molar-refractivity contribution in [3.8, 4) is 0 Å². The second kappa shape index (κ2) is 5.70. The number of ketones is 1. The van der Waals surface area contributed by atoms with Gasteiger partial charge in [-0.2, -0.15) is 0 Å². The number of anilines is 1. The van der Waals surface area contributed by atoms with Gasteiger partial charge < -0.3 is 4.90 Å². The molecule has 0 radical (unpaired) electrons. The predicted octanol–water partition coefficient (Wildman–Crippen LogP) is 3.50. The van der Waals surface area contributed by atoms with Gasteiger partial charge in [-0.1, -0.05) is 29.8 Å². The molecule has 0 unspecified atom stereocenters. The van der Waals surface area contributed by atoms with Crippen LogP contribution >= 0.6 is 11.6 Å². The highest BCUT2D eigenvalue weighted by Crippen LogP contribution is 2.27. The normalized spacial score (nSPS) is 14.0. The van der Waals surface area contributed by atoms with Crippen molar-refractivity contribution in [3.63, 3.8) is 0 Å². The molecule has 1 heterocycles. The maximum Gasteiger partial charge on any atom is 0.227 e. The van der Waals surface area contributed by atoms with E-state index in [4.69, 9.17) is 11.6 Å². The van der Waals surface area contributed by atoms with Crippen LogP contribution < -0.4 is 4.90 Å². The lowest BCUT2D eigenvalue weighted by Gasteiger charge is -2.28. The lowest BCUT2D eigenvalue weighted by atomic mass is 10.0. The first-order valence-electron chi connectivity index (χ1n) is 6.82. The average molecular weight is 300 g/mol. The zero-order valence-electron chi connectivity index (χ0n) is 11.4. The number of benzene rings is 2. The minimum absolute atomic E-state index is 0.00369. The first-order chi connectivity index (χ1) is 10.1. The Balaban J connectivity index is 1.85. The van der Waals surface area contributed by atoms with Gasteiger partial charge in [0.25, 0.3) is 0 Å². The molecule has 106 valence electrons. The molecule has 1 aliphatic heterocycles. The maximum absolute atomic E-state index is 12.3. The van der Waals surface area contributed by atoms with Gasteiger partial charge in [-0.3, -0.25) is 9.59 Å². The van der Waals surface area contributed by atoms with E-state index in [0.717, 1.165) is 17.7 Å². The molecule has 0 atom stereocenters. The second-order valence-electron chi connectivity index (χ2n) is 5.04. The van der Waals surface area contributed by atoms with Crippen LogP contribution in [0.1, 0.15) is 22.3 Å². The quantitative estimate of drug-likeness (QED) is 0.813. The number of carbonyl (C=O) groups excluding carboxylic acids is 2. The van der Waals surface area contributed by atoms with Gasteiger partial charge in [0, 0.05) is 22.7 Å². The Labute approximate surface area is 128 Å². The van der Waals surface area contributed by atoms with Gasteiger partial charge in [-0.05, 0) is 42.3 Å². The van der Waals surface area contributed by atoms with Crippen LogP contribution in [0.3, 0.4) is 0 Å². The molecule has 0 aliphatic carbocycles. The molecule has 0 fully saturated rings. The number of amides is 1. The molecule has 4 heteroatoms. The molecule has 0 aromatic heterocycles. The largest absolute Gasteiger partial charge is 0.304 e. The van der Waals surface area contributed by atoms with E-state index < -0.39 is 0 Å². The van der Waals surface area contributed by atoms with Crippen molar-refractivity contribution in [1.29, 1.82) is 0 Å². The summed E-state index contributed by atoms with van der Waals surface area (Å²) in [6, 6.07) is 14.5. The number of para-hydroxylation sites is 1. The highest BCUT2D eigenvalue weighted by molar-refractivity contribution is 6.30. The number of hydrogen-bond donors (Lipinski definition) is 0. The van der Waals surface area contributed by atoms with Crippen molar-refractivity contribution in [1.82, 2.24) is 0 Å². The molecular weight excluding hydrogens is 286 g/mol. The van der Waals surface area contributed by atoms with Crippen molar-refractivity contribution in [3.05, 3.63) is 64.7 Å². The van der Waals surface area contributed by atoms with E-state index in [-0.39, 0.29) is 18.2 Å².